The Hall–Kier alpha value is -2.07. The number of piperidine rings is 1. The van der Waals surface area contributed by atoms with Crippen LogP contribution in [0.4, 0.5) is 4.79 Å². The quantitative estimate of drug-likeness (QED) is 0.600. The average Bonchev–Trinajstić information content (AvgIpc) is 3.19. The first kappa shape index (κ1) is 19.7. The Balaban J connectivity index is 1.75. The number of aliphatic hydroxyl groups is 1. The first-order valence-corrected chi connectivity index (χ1v) is 10.1. The second kappa shape index (κ2) is 8.30. The topological polar surface area (TPSA) is 65.5 Å². The molecule has 1 aromatic heterocycles. The molecule has 3 rings (SSSR count). The molecular formula is C20H22ClN3O2S. The molecule has 7 heteroatoms. The number of nitrogens with zero attached hydrogens (tertiary/aromatic N) is 2. The highest BCUT2D eigenvalue weighted by atomic mass is 35.5. The van der Waals surface area contributed by atoms with Crippen molar-refractivity contribution in [1.82, 2.24) is 15.2 Å². The van der Waals surface area contributed by atoms with Crippen molar-refractivity contribution in [2.24, 2.45) is 0 Å². The molecule has 5 nitrogen and oxygen atoms in total. The van der Waals surface area contributed by atoms with Gasteiger partial charge in [-0.3, -0.25) is 0 Å². The Morgan fingerprint density at radius 2 is 2.04 bits per heavy atom. The van der Waals surface area contributed by atoms with Gasteiger partial charge in [-0.05, 0) is 43.9 Å². The zero-order valence-electron chi connectivity index (χ0n) is 15.1. The molecule has 0 bridgehead atoms. The number of urea groups is 1. The first-order valence-electron chi connectivity index (χ1n) is 8.87. The summed E-state index contributed by atoms with van der Waals surface area (Å²) in [7, 11) is 0. The van der Waals surface area contributed by atoms with Crippen LogP contribution in [-0.2, 0) is 5.41 Å². The lowest BCUT2D eigenvalue weighted by atomic mass is 9.81. The van der Waals surface area contributed by atoms with E-state index in [0.717, 1.165) is 24.8 Å². The molecule has 27 heavy (non-hydrogen) atoms. The van der Waals surface area contributed by atoms with Crippen LogP contribution in [0.25, 0.3) is 0 Å². The van der Waals surface area contributed by atoms with Crippen LogP contribution in [0.2, 0.25) is 5.02 Å². The number of aromatic nitrogens is 1. The number of halogens is 1. The predicted molar refractivity (Wildman–Crippen MR) is 108 cm³/mol. The smallest absolute Gasteiger partial charge is 0.319 e. The molecule has 1 aromatic carbocycles. The summed E-state index contributed by atoms with van der Waals surface area (Å²) < 4.78 is 0. The third-order valence-electron chi connectivity index (χ3n) is 4.88. The summed E-state index contributed by atoms with van der Waals surface area (Å²) in [5, 5.41) is 15.9. The molecule has 2 N–H and O–H groups in total. The van der Waals surface area contributed by atoms with Crippen molar-refractivity contribution < 1.29 is 9.90 Å². The fraction of sp³-hybridized carbons (Fsp3) is 0.400. The number of thiazole rings is 1. The van der Waals surface area contributed by atoms with E-state index < -0.39 is 11.6 Å². The second-order valence-electron chi connectivity index (χ2n) is 6.75. The molecule has 2 amide bonds. The Bertz CT molecular complexity index is 840. The van der Waals surface area contributed by atoms with E-state index in [1.54, 1.807) is 17.0 Å². The van der Waals surface area contributed by atoms with Crippen molar-refractivity contribution in [1.29, 1.82) is 0 Å². The van der Waals surface area contributed by atoms with Crippen molar-refractivity contribution in [3.05, 3.63) is 50.9 Å². The Morgan fingerprint density at radius 1 is 1.37 bits per heavy atom. The van der Waals surface area contributed by atoms with Crippen LogP contribution >= 0.6 is 22.9 Å². The van der Waals surface area contributed by atoms with Crippen molar-refractivity contribution in [2.45, 2.75) is 37.8 Å². The van der Waals surface area contributed by atoms with Gasteiger partial charge in [-0.25, -0.2) is 9.78 Å². The van der Waals surface area contributed by atoms with Crippen molar-refractivity contribution in [3.63, 3.8) is 0 Å². The molecule has 2 heterocycles. The number of amides is 2. The number of hydrogen-bond donors (Lipinski definition) is 2. The normalized spacial score (nSPS) is 17.6. The lowest BCUT2D eigenvalue weighted by molar-refractivity contribution is 0.122. The number of likely N-dealkylation sites (tertiary alicyclic amines) is 1. The van der Waals surface area contributed by atoms with Crippen LogP contribution < -0.4 is 5.32 Å². The number of terminal acetylenes is 1. The number of hydrogen-bond acceptors (Lipinski definition) is 4. The van der Waals surface area contributed by atoms with E-state index in [4.69, 9.17) is 18.0 Å². The van der Waals surface area contributed by atoms with Crippen molar-refractivity contribution in [3.8, 4) is 12.3 Å². The third kappa shape index (κ3) is 4.27. The van der Waals surface area contributed by atoms with E-state index in [0.29, 0.717) is 28.8 Å². The molecule has 2 aromatic rings. The molecule has 0 aliphatic carbocycles. The van der Waals surface area contributed by atoms with Gasteiger partial charge in [0.05, 0.1) is 11.1 Å². The summed E-state index contributed by atoms with van der Waals surface area (Å²) in [4.78, 5) is 18.5. The maximum atomic E-state index is 12.3. The first-order chi connectivity index (χ1) is 12.9. The molecule has 1 fully saturated rings. The molecule has 1 aliphatic rings. The van der Waals surface area contributed by atoms with Crippen LogP contribution in [0.1, 0.15) is 48.7 Å². The van der Waals surface area contributed by atoms with Gasteiger partial charge < -0.3 is 15.3 Å². The maximum absolute atomic E-state index is 12.3. The molecule has 142 valence electrons. The molecule has 2 atom stereocenters. The van der Waals surface area contributed by atoms with Gasteiger partial charge in [0.1, 0.15) is 5.01 Å². The zero-order chi connectivity index (χ0) is 19.4. The van der Waals surface area contributed by atoms with E-state index in [2.05, 4.69) is 16.2 Å². The van der Waals surface area contributed by atoms with E-state index >= 15 is 0 Å². The van der Waals surface area contributed by atoms with Gasteiger partial charge in [-0.2, -0.15) is 0 Å². The summed E-state index contributed by atoms with van der Waals surface area (Å²) >= 11 is 7.24. The number of aliphatic hydroxyl groups excluding tert-OH is 1. The largest absolute Gasteiger partial charge is 0.367 e. The highest BCUT2D eigenvalue weighted by molar-refractivity contribution is 7.09. The summed E-state index contributed by atoms with van der Waals surface area (Å²) in [6, 6.07) is 7.04. The number of nitrogens with one attached hydrogen (secondary N) is 1. The number of rotatable bonds is 4. The van der Waals surface area contributed by atoms with Gasteiger partial charge in [0, 0.05) is 23.5 Å². The van der Waals surface area contributed by atoms with E-state index in [1.807, 2.05) is 24.4 Å². The molecule has 1 saturated heterocycles. The monoisotopic (exact) mass is 403 g/mol. The number of carbonyl (C=O) groups is 1. The summed E-state index contributed by atoms with van der Waals surface area (Å²) in [5.41, 5.74) is 0.785. The number of carbonyl (C=O) groups excluding carboxylic acids is 1. The van der Waals surface area contributed by atoms with Gasteiger partial charge in [0.15, 0.2) is 6.23 Å². The van der Waals surface area contributed by atoms with E-state index in [1.165, 1.54) is 11.3 Å². The fourth-order valence-electron chi connectivity index (χ4n) is 3.10. The summed E-state index contributed by atoms with van der Waals surface area (Å²) in [5.74, 6) is 2.80. The second-order valence-corrected chi connectivity index (χ2v) is 8.07. The minimum absolute atomic E-state index is 0.267. The summed E-state index contributed by atoms with van der Waals surface area (Å²) in [6.07, 6.45) is 7.78. The lowest BCUT2D eigenvalue weighted by Crippen LogP contribution is -2.44. The number of benzene rings is 1. The van der Waals surface area contributed by atoms with Gasteiger partial charge in [0.2, 0.25) is 0 Å². The molecule has 0 radical (unpaired) electrons. The van der Waals surface area contributed by atoms with Gasteiger partial charge in [-0.1, -0.05) is 29.7 Å². The van der Waals surface area contributed by atoms with Crippen LogP contribution in [0.5, 0.6) is 0 Å². The molecule has 2 unspecified atom stereocenters. The molecule has 1 aliphatic heterocycles. The lowest BCUT2D eigenvalue weighted by Gasteiger charge is -2.27. The predicted octanol–water partition coefficient (Wildman–Crippen LogP) is 3.92. The van der Waals surface area contributed by atoms with Crippen molar-refractivity contribution in [2.75, 3.05) is 13.1 Å². The highest BCUT2D eigenvalue weighted by Crippen LogP contribution is 2.33. The van der Waals surface area contributed by atoms with Crippen LogP contribution in [0.3, 0.4) is 0 Å². The molecular weight excluding hydrogens is 382 g/mol. The third-order valence-corrected chi connectivity index (χ3v) is 6.03. The van der Waals surface area contributed by atoms with E-state index in [-0.39, 0.29) is 6.03 Å². The Morgan fingerprint density at radius 3 is 2.67 bits per heavy atom. The van der Waals surface area contributed by atoms with E-state index in [9.17, 15) is 9.90 Å². The minimum atomic E-state index is -1.16. The zero-order valence-corrected chi connectivity index (χ0v) is 16.7. The Kier molecular flexibility index (Phi) is 6.05. The maximum Gasteiger partial charge on any atom is 0.319 e. The van der Waals surface area contributed by atoms with Crippen LogP contribution in [0, 0.1) is 12.3 Å². The highest BCUT2D eigenvalue weighted by Gasteiger charge is 2.31. The minimum Gasteiger partial charge on any atom is -0.367 e. The average molecular weight is 404 g/mol. The SMILES string of the molecule is C#CC(C)(c1ccc(Cl)cc1)c1csc(C(O)NC(=O)N2CCCCC2)n1. The standard InChI is InChI=1S/C20H22ClN3O2S/c1-3-20(2,14-7-9-15(21)10-8-14)16-13-27-18(22-16)17(25)23-19(26)24-11-5-4-6-12-24/h1,7-10,13,17,25H,4-6,11-12H2,2H3,(H,23,26). The van der Waals surface area contributed by atoms with Crippen molar-refractivity contribution >= 4 is 29.0 Å². The molecule has 0 saturated carbocycles. The molecule has 0 spiro atoms. The van der Waals surface area contributed by atoms with Crippen LogP contribution in [-0.4, -0.2) is 34.1 Å². The fourth-order valence-corrected chi connectivity index (χ4v) is 4.08. The van der Waals surface area contributed by atoms with Gasteiger partial charge in [-0.15, -0.1) is 17.8 Å². The van der Waals surface area contributed by atoms with Gasteiger partial charge in [0.25, 0.3) is 0 Å². The van der Waals surface area contributed by atoms with Crippen LogP contribution in [0.15, 0.2) is 29.6 Å². The Labute approximate surface area is 168 Å². The van der Waals surface area contributed by atoms with Gasteiger partial charge >= 0.3 is 6.03 Å². The summed E-state index contributed by atoms with van der Waals surface area (Å²) in [6.45, 7) is 3.33.